The highest BCUT2D eigenvalue weighted by Crippen LogP contribution is 2.43. The van der Waals surface area contributed by atoms with Crippen molar-refractivity contribution in [2.75, 3.05) is 0 Å². The van der Waals surface area contributed by atoms with E-state index in [1.54, 1.807) is 13.8 Å². The first kappa shape index (κ1) is 25.3. The van der Waals surface area contributed by atoms with Crippen molar-refractivity contribution in [3.05, 3.63) is 50.8 Å². The lowest BCUT2D eigenvalue weighted by Crippen LogP contribution is -2.30. The maximum Gasteiger partial charge on any atom is 0.433 e. The summed E-state index contributed by atoms with van der Waals surface area (Å²) < 4.78 is 119. The number of alkyl halides is 9. The van der Waals surface area contributed by atoms with Crippen LogP contribution in [0.4, 0.5) is 45.2 Å². The Hall–Kier alpha value is -1.95. The molecule has 1 heterocycles. The summed E-state index contributed by atoms with van der Waals surface area (Å²) in [5.74, 6) is -0.238. The van der Waals surface area contributed by atoms with Gasteiger partial charge in [-0.2, -0.15) is 39.5 Å². The lowest BCUT2D eigenvalue weighted by molar-refractivity contribution is -0.143. The Morgan fingerprint density at radius 3 is 1.94 bits per heavy atom. The second-order valence-corrected chi connectivity index (χ2v) is 7.50. The number of hydrogen-bond donors (Lipinski definition) is 0. The van der Waals surface area contributed by atoms with Crippen molar-refractivity contribution < 1.29 is 39.5 Å². The monoisotopic (exact) mass is 499 g/mol. The quantitative estimate of drug-likeness (QED) is 0.326. The van der Waals surface area contributed by atoms with E-state index in [-0.39, 0.29) is 24.6 Å². The van der Waals surface area contributed by atoms with Gasteiger partial charge < -0.3 is 4.57 Å². The minimum atomic E-state index is -5.28. The first-order valence-electron chi connectivity index (χ1n) is 8.28. The zero-order valence-electron chi connectivity index (χ0n) is 15.5. The Morgan fingerprint density at radius 1 is 0.903 bits per heavy atom. The van der Waals surface area contributed by atoms with Crippen molar-refractivity contribution in [2.24, 2.45) is 10.9 Å². The number of rotatable bonds is 3. The van der Waals surface area contributed by atoms with Gasteiger partial charge in [0.1, 0.15) is 5.15 Å². The van der Waals surface area contributed by atoms with Crippen LogP contribution in [-0.4, -0.2) is 9.55 Å². The summed E-state index contributed by atoms with van der Waals surface area (Å²) in [7, 11) is 0. The fraction of sp³-hybridized carbons (Fsp3) is 0.412. The van der Waals surface area contributed by atoms with Crippen molar-refractivity contribution in [2.45, 2.75) is 38.9 Å². The summed E-state index contributed by atoms with van der Waals surface area (Å²) in [4.78, 5) is 6.76. The molecule has 14 heteroatoms. The number of aromatic nitrogens is 2. The van der Waals surface area contributed by atoms with Gasteiger partial charge in [-0.3, -0.25) is 0 Å². The molecule has 3 nitrogen and oxygen atoms in total. The van der Waals surface area contributed by atoms with Gasteiger partial charge >= 0.3 is 18.5 Å². The number of hydrogen-bond acceptors (Lipinski definition) is 2. The van der Waals surface area contributed by atoms with E-state index in [1.807, 2.05) is 0 Å². The lowest BCUT2D eigenvalue weighted by atomic mass is 10.1. The summed E-state index contributed by atoms with van der Waals surface area (Å²) in [5.41, 5.74) is -7.05. The molecule has 0 unspecified atom stereocenters. The molecular formula is C17H12Cl2F9N3. The molecule has 0 N–H and O–H groups in total. The molecule has 0 amide bonds. The van der Waals surface area contributed by atoms with E-state index < -0.39 is 56.8 Å². The zero-order chi connectivity index (χ0) is 23.9. The first-order chi connectivity index (χ1) is 13.9. The predicted molar refractivity (Wildman–Crippen MR) is 93.8 cm³/mol. The molecule has 0 aliphatic carbocycles. The summed E-state index contributed by atoms with van der Waals surface area (Å²) in [5, 5.41) is -1.75. The van der Waals surface area contributed by atoms with Gasteiger partial charge in [-0.1, -0.05) is 37.0 Å². The van der Waals surface area contributed by atoms with E-state index in [2.05, 4.69) is 9.98 Å². The third kappa shape index (κ3) is 6.06. The van der Waals surface area contributed by atoms with Crippen LogP contribution >= 0.6 is 23.2 Å². The van der Waals surface area contributed by atoms with E-state index in [4.69, 9.17) is 23.2 Å². The predicted octanol–water partition coefficient (Wildman–Crippen LogP) is 7.13. The van der Waals surface area contributed by atoms with Crippen LogP contribution in [0.25, 0.3) is 0 Å². The van der Waals surface area contributed by atoms with Crippen LogP contribution in [0.3, 0.4) is 0 Å². The fourth-order valence-corrected chi connectivity index (χ4v) is 2.93. The molecule has 1 aromatic carbocycles. The molecule has 1 aromatic heterocycles. The molecule has 2 aromatic rings. The zero-order valence-corrected chi connectivity index (χ0v) is 17.0. The van der Waals surface area contributed by atoms with Crippen LogP contribution in [0.15, 0.2) is 23.2 Å². The normalized spacial score (nSPS) is 13.9. The third-order valence-electron chi connectivity index (χ3n) is 3.72. The Labute approximate surface area is 179 Å². The van der Waals surface area contributed by atoms with E-state index in [9.17, 15) is 39.5 Å². The van der Waals surface area contributed by atoms with Gasteiger partial charge in [-0.25, -0.2) is 9.98 Å². The minimum absolute atomic E-state index is 0.0779. The van der Waals surface area contributed by atoms with E-state index >= 15 is 0 Å². The highest BCUT2D eigenvalue weighted by Gasteiger charge is 2.39. The van der Waals surface area contributed by atoms with E-state index in [0.717, 1.165) is 4.57 Å². The van der Waals surface area contributed by atoms with Gasteiger partial charge in [0.05, 0.1) is 21.8 Å². The first-order valence-corrected chi connectivity index (χ1v) is 9.04. The lowest BCUT2D eigenvalue weighted by Gasteiger charge is -2.16. The van der Waals surface area contributed by atoms with E-state index in [0.29, 0.717) is 6.07 Å². The molecule has 0 aliphatic heterocycles. The topological polar surface area (TPSA) is 30.2 Å². The second kappa shape index (κ2) is 8.53. The van der Waals surface area contributed by atoms with Gasteiger partial charge in [0.2, 0.25) is 5.62 Å². The van der Waals surface area contributed by atoms with Gasteiger partial charge in [0.25, 0.3) is 0 Å². The van der Waals surface area contributed by atoms with Crippen molar-refractivity contribution in [3.63, 3.8) is 0 Å². The Bertz CT molecular complexity index is 1040. The van der Waals surface area contributed by atoms with Crippen molar-refractivity contribution in [1.29, 1.82) is 0 Å². The average molecular weight is 500 g/mol. The average Bonchev–Trinajstić information content (AvgIpc) is 2.56. The van der Waals surface area contributed by atoms with Crippen LogP contribution < -0.4 is 5.62 Å². The van der Waals surface area contributed by atoms with Crippen LogP contribution in [0, 0.1) is 5.92 Å². The molecule has 0 bridgehead atoms. The molecule has 0 saturated carbocycles. The van der Waals surface area contributed by atoms with Crippen molar-refractivity contribution >= 4 is 28.9 Å². The van der Waals surface area contributed by atoms with Crippen molar-refractivity contribution in [1.82, 2.24) is 9.55 Å². The maximum absolute atomic E-state index is 13.2. The van der Waals surface area contributed by atoms with Crippen LogP contribution in [0.5, 0.6) is 0 Å². The molecule has 0 radical (unpaired) electrons. The van der Waals surface area contributed by atoms with Gasteiger partial charge in [-0.15, -0.1) is 0 Å². The maximum atomic E-state index is 13.2. The minimum Gasteiger partial charge on any atom is -0.300 e. The molecule has 0 atom stereocenters. The molecule has 31 heavy (non-hydrogen) atoms. The fourth-order valence-electron chi connectivity index (χ4n) is 2.42. The van der Waals surface area contributed by atoms with Gasteiger partial charge in [-0.05, 0) is 18.1 Å². The standard InChI is InChI=1S/C17H12Cl2F9N3/c1-7(2)6-31-12(18)5-11(17(26,27)28)30-14(31)29-10-4-8(15(20,21)22)3-9(13(10)19)16(23,24)25/h3-5,7H,6H2,1-2H3. The van der Waals surface area contributed by atoms with Gasteiger partial charge in [0.15, 0.2) is 5.69 Å². The Balaban J connectivity index is 2.94. The number of benzene rings is 1. The van der Waals surface area contributed by atoms with Crippen LogP contribution in [0.1, 0.15) is 30.7 Å². The molecule has 0 spiro atoms. The summed E-state index contributed by atoms with van der Waals surface area (Å²) in [6.45, 7) is 3.21. The molecular weight excluding hydrogens is 488 g/mol. The van der Waals surface area contributed by atoms with E-state index in [1.165, 1.54) is 0 Å². The molecule has 172 valence electrons. The SMILES string of the molecule is CC(C)Cn1c(Cl)cc(C(F)(F)F)nc1=Nc1cc(C(F)(F)F)cc(C(F)(F)F)c1Cl. The Kier molecular flexibility index (Phi) is 6.97. The summed E-state index contributed by atoms with van der Waals surface area (Å²) in [6, 6.07) is 0.445. The van der Waals surface area contributed by atoms with Gasteiger partial charge in [0, 0.05) is 12.6 Å². The molecule has 0 aliphatic rings. The summed E-state index contributed by atoms with van der Waals surface area (Å²) in [6.07, 6.45) is -15.5. The number of halogens is 11. The number of nitrogens with zero attached hydrogens (tertiary/aromatic N) is 3. The second-order valence-electron chi connectivity index (χ2n) is 6.73. The third-order valence-corrected chi connectivity index (χ3v) is 4.43. The van der Waals surface area contributed by atoms with Crippen molar-refractivity contribution in [3.8, 4) is 0 Å². The highest BCUT2D eigenvalue weighted by molar-refractivity contribution is 6.33. The van der Waals surface area contributed by atoms with Crippen LogP contribution in [0.2, 0.25) is 10.2 Å². The highest BCUT2D eigenvalue weighted by atomic mass is 35.5. The Morgan fingerprint density at radius 2 is 1.48 bits per heavy atom. The molecule has 2 rings (SSSR count). The smallest absolute Gasteiger partial charge is 0.300 e. The van der Waals surface area contributed by atoms with Crippen LogP contribution in [-0.2, 0) is 25.1 Å². The molecule has 0 fully saturated rings. The molecule has 0 saturated heterocycles. The summed E-state index contributed by atoms with van der Waals surface area (Å²) >= 11 is 11.5. The largest absolute Gasteiger partial charge is 0.433 e.